The molecule has 7 nitrogen and oxygen atoms in total. The van der Waals surface area contributed by atoms with E-state index < -0.39 is 10.6 Å². The number of nitrogens with zero attached hydrogens (tertiary/aromatic N) is 3. The third kappa shape index (κ3) is 2.63. The molecular formula is C14H16N3O4+. The Labute approximate surface area is 122 Å². The monoisotopic (exact) mass is 290 g/mol. The fraction of sp³-hybridized carbons (Fsp3) is 0.214. The van der Waals surface area contributed by atoms with Crippen molar-refractivity contribution in [2.75, 3.05) is 21.3 Å². The number of quaternary nitrogens is 1. The van der Waals surface area contributed by atoms with E-state index >= 15 is 0 Å². The van der Waals surface area contributed by atoms with Gasteiger partial charge < -0.3 is 14.6 Å². The molecule has 0 aliphatic rings. The van der Waals surface area contributed by atoms with E-state index in [1.807, 2.05) is 6.07 Å². The maximum Gasteiger partial charge on any atom is 0.526 e. The molecule has 1 heterocycles. The quantitative estimate of drug-likeness (QED) is 0.871. The topological polar surface area (TPSA) is 81.5 Å². The van der Waals surface area contributed by atoms with Crippen molar-refractivity contribution in [1.29, 1.82) is 0 Å². The lowest BCUT2D eigenvalue weighted by molar-refractivity contribution is 0.170. The van der Waals surface area contributed by atoms with Crippen LogP contribution in [0.4, 0.5) is 16.4 Å². The van der Waals surface area contributed by atoms with E-state index in [4.69, 9.17) is 9.47 Å². The number of hydrogen-bond acceptors (Lipinski definition) is 5. The van der Waals surface area contributed by atoms with Gasteiger partial charge in [0.2, 0.25) is 11.8 Å². The van der Waals surface area contributed by atoms with Gasteiger partial charge >= 0.3 is 12.0 Å². The van der Waals surface area contributed by atoms with Gasteiger partial charge in [0.1, 0.15) is 0 Å². The van der Waals surface area contributed by atoms with Gasteiger partial charge in [-0.3, -0.25) is 0 Å². The first kappa shape index (κ1) is 14.7. The van der Waals surface area contributed by atoms with Crippen molar-refractivity contribution in [1.82, 2.24) is 14.5 Å². The molecule has 1 N–H and O–H groups in total. The summed E-state index contributed by atoms with van der Waals surface area (Å²) in [5.74, 6) is 0.515. The Balaban J connectivity index is 2.66. The Morgan fingerprint density at radius 2 is 1.62 bits per heavy atom. The van der Waals surface area contributed by atoms with Crippen molar-refractivity contribution >= 4 is 17.7 Å². The number of carboxylic acid groups (broad SMARTS) is 1. The van der Waals surface area contributed by atoms with Crippen LogP contribution in [0.15, 0.2) is 36.4 Å². The maximum atomic E-state index is 11.8. The van der Waals surface area contributed by atoms with E-state index in [-0.39, 0.29) is 17.7 Å². The van der Waals surface area contributed by atoms with Crippen LogP contribution >= 0.6 is 0 Å². The van der Waals surface area contributed by atoms with Gasteiger partial charge in [-0.25, -0.2) is 0 Å². The smallest absolute Gasteiger partial charge is 0.481 e. The zero-order chi connectivity index (χ0) is 15.5. The molecule has 0 bridgehead atoms. The summed E-state index contributed by atoms with van der Waals surface area (Å²) in [6.45, 7) is 0. The van der Waals surface area contributed by atoms with Gasteiger partial charge in [0.25, 0.3) is 0 Å². The summed E-state index contributed by atoms with van der Waals surface area (Å²) in [6.07, 6.45) is -1.11. The number of ether oxygens (including phenoxy) is 2. The molecule has 0 aliphatic carbocycles. The van der Waals surface area contributed by atoms with Gasteiger partial charge in [0, 0.05) is 12.1 Å². The number of aromatic nitrogens is 2. The fourth-order valence-electron chi connectivity index (χ4n) is 1.84. The standard InChI is InChI=1S/C14H15N3O4/c1-17(14(18)19,10-7-5-4-6-8-10)13-15-11(20-2)9-12(16-13)21-3/h4-9H,1-3H3/p+1. The first-order valence-electron chi connectivity index (χ1n) is 6.15. The van der Waals surface area contributed by atoms with Crippen molar-refractivity contribution < 1.29 is 19.4 Å². The highest BCUT2D eigenvalue weighted by molar-refractivity contribution is 5.86. The number of carbonyl (C=O) groups is 1. The lowest BCUT2D eigenvalue weighted by Crippen LogP contribution is -2.46. The second-order valence-corrected chi connectivity index (χ2v) is 4.38. The number of methoxy groups -OCH3 is 2. The number of amides is 1. The molecule has 1 amide bonds. The molecule has 0 radical (unpaired) electrons. The Bertz CT molecular complexity index is 626. The minimum absolute atomic E-state index is 0.0462. The average molecular weight is 290 g/mol. The normalized spacial score (nSPS) is 13.3. The van der Waals surface area contributed by atoms with Crippen LogP contribution in [0.3, 0.4) is 0 Å². The SMILES string of the molecule is COc1cc(OC)nc([N+](C)(C(=O)O)c2ccccc2)n1. The molecule has 1 atom stereocenters. The van der Waals surface area contributed by atoms with Crippen molar-refractivity contribution in [2.45, 2.75) is 0 Å². The Hall–Kier alpha value is -2.67. The van der Waals surface area contributed by atoms with Gasteiger partial charge in [-0.15, -0.1) is 14.5 Å². The van der Waals surface area contributed by atoms with E-state index in [2.05, 4.69) is 9.97 Å². The second-order valence-electron chi connectivity index (χ2n) is 4.38. The highest BCUT2D eigenvalue weighted by Crippen LogP contribution is 2.32. The zero-order valence-corrected chi connectivity index (χ0v) is 12.0. The second kappa shape index (κ2) is 5.76. The van der Waals surface area contributed by atoms with E-state index in [1.54, 1.807) is 24.3 Å². The van der Waals surface area contributed by atoms with Crippen LogP contribution in [0.1, 0.15) is 0 Å². The van der Waals surface area contributed by atoms with Crippen LogP contribution in [0, 0.1) is 0 Å². The summed E-state index contributed by atoms with van der Waals surface area (Å²) in [4.78, 5) is 20.1. The molecule has 110 valence electrons. The molecule has 1 aromatic carbocycles. The van der Waals surface area contributed by atoms with E-state index in [1.165, 1.54) is 27.3 Å². The minimum atomic E-state index is -1.11. The summed E-state index contributed by atoms with van der Waals surface area (Å²) in [6, 6.07) is 10.2. The molecule has 0 spiro atoms. The molecule has 2 aromatic rings. The molecular weight excluding hydrogens is 274 g/mol. The first-order chi connectivity index (χ1) is 10.0. The predicted molar refractivity (Wildman–Crippen MR) is 77.0 cm³/mol. The number of benzene rings is 1. The minimum Gasteiger partial charge on any atom is -0.481 e. The first-order valence-corrected chi connectivity index (χ1v) is 6.15. The highest BCUT2D eigenvalue weighted by atomic mass is 16.5. The summed E-state index contributed by atoms with van der Waals surface area (Å²) < 4.78 is 9.53. The van der Waals surface area contributed by atoms with Gasteiger partial charge in [0.05, 0.1) is 27.3 Å². The largest absolute Gasteiger partial charge is 0.526 e. The van der Waals surface area contributed by atoms with Crippen molar-refractivity contribution in [3.8, 4) is 11.8 Å². The third-order valence-corrected chi connectivity index (χ3v) is 3.14. The summed E-state index contributed by atoms with van der Waals surface area (Å²) in [5.41, 5.74) is 0.514. The molecule has 2 rings (SSSR count). The molecule has 0 saturated heterocycles. The molecule has 1 aromatic heterocycles. The van der Waals surface area contributed by atoms with E-state index in [0.29, 0.717) is 5.69 Å². The maximum absolute atomic E-state index is 11.8. The highest BCUT2D eigenvalue weighted by Gasteiger charge is 2.41. The van der Waals surface area contributed by atoms with Gasteiger partial charge in [-0.05, 0) is 0 Å². The summed E-state index contributed by atoms with van der Waals surface area (Å²) in [5, 5.41) is 9.68. The molecule has 0 saturated carbocycles. The average Bonchev–Trinajstić information content (AvgIpc) is 2.54. The van der Waals surface area contributed by atoms with E-state index in [9.17, 15) is 9.90 Å². The van der Waals surface area contributed by atoms with Crippen LogP contribution in [0.5, 0.6) is 11.8 Å². The number of rotatable bonds is 4. The van der Waals surface area contributed by atoms with Crippen LogP contribution in [0.25, 0.3) is 0 Å². The predicted octanol–water partition coefficient (Wildman–Crippen LogP) is 2.44. The molecule has 1 unspecified atom stereocenters. The van der Waals surface area contributed by atoms with Crippen molar-refractivity contribution in [3.63, 3.8) is 0 Å². The van der Waals surface area contributed by atoms with Gasteiger partial charge in [-0.1, -0.05) is 18.2 Å². The molecule has 0 fully saturated rings. The summed E-state index contributed by atoms with van der Waals surface area (Å²) >= 11 is 0. The fourth-order valence-corrected chi connectivity index (χ4v) is 1.84. The lowest BCUT2D eigenvalue weighted by Gasteiger charge is -2.24. The number of hydrogen-bond donors (Lipinski definition) is 1. The van der Waals surface area contributed by atoms with E-state index in [0.717, 1.165) is 0 Å². The Kier molecular flexibility index (Phi) is 4.04. The zero-order valence-electron chi connectivity index (χ0n) is 12.0. The number of para-hydroxylation sites is 1. The van der Waals surface area contributed by atoms with Crippen LogP contribution in [-0.2, 0) is 0 Å². The summed E-state index contributed by atoms with van der Waals surface area (Å²) in [7, 11) is 4.38. The van der Waals surface area contributed by atoms with Crippen LogP contribution in [0.2, 0.25) is 0 Å². The van der Waals surface area contributed by atoms with Crippen molar-refractivity contribution in [3.05, 3.63) is 36.4 Å². The van der Waals surface area contributed by atoms with Gasteiger partial charge in [-0.2, -0.15) is 4.79 Å². The molecule has 21 heavy (non-hydrogen) atoms. The van der Waals surface area contributed by atoms with Crippen molar-refractivity contribution in [2.24, 2.45) is 0 Å². The van der Waals surface area contributed by atoms with Gasteiger partial charge in [0.15, 0.2) is 5.69 Å². The van der Waals surface area contributed by atoms with Crippen LogP contribution < -0.4 is 14.0 Å². The molecule has 0 aliphatic heterocycles. The van der Waals surface area contributed by atoms with Crippen LogP contribution in [-0.4, -0.2) is 42.4 Å². The molecule has 7 heteroatoms. The Morgan fingerprint density at radius 3 is 2.05 bits per heavy atom. The Morgan fingerprint density at radius 1 is 1.10 bits per heavy atom. The third-order valence-electron chi connectivity index (χ3n) is 3.14. The lowest BCUT2D eigenvalue weighted by atomic mass is 10.2.